The number of phenols is 1. The Morgan fingerprint density at radius 1 is 0.688 bits per heavy atom. The van der Waals surface area contributed by atoms with E-state index in [2.05, 4.69) is 18.2 Å². The first kappa shape index (κ1) is 9.22. The van der Waals surface area contributed by atoms with Crippen molar-refractivity contribution in [3.05, 3.63) is 54.1 Å². The molecule has 3 aromatic carbocycles. The third-order valence-corrected chi connectivity index (χ3v) is 3.16. The number of aromatic hydroxyl groups is 1. The van der Waals surface area contributed by atoms with Crippen LogP contribution in [0.3, 0.4) is 0 Å². The molecule has 0 atom stereocenters. The predicted octanol–water partition coefficient (Wildman–Crippen LogP) is 4.01. The van der Waals surface area contributed by atoms with E-state index in [0.29, 0.717) is 5.75 Å². The maximum absolute atomic E-state index is 10.2. The van der Waals surface area contributed by atoms with Gasteiger partial charge < -0.3 is 5.11 Å². The SMILES string of the molecule is Cc1c(O)c2ccccc2c2ccccc12. The Bertz CT molecular complexity index is 623. The van der Waals surface area contributed by atoms with E-state index in [4.69, 9.17) is 0 Å². The quantitative estimate of drug-likeness (QED) is 0.553. The van der Waals surface area contributed by atoms with Crippen LogP contribution in [0.25, 0.3) is 21.5 Å². The first-order chi connectivity index (χ1) is 7.79. The number of hydrogen-bond donors (Lipinski definition) is 1. The highest BCUT2D eigenvalue weighted by Gasteiger charge is 2.08. The van der Waals surface area contributed by atoms with Crippen LogP contribution in [0.1, 0.15) is 5.56 Å². The predicted molar refractivity (Wildman–Crippen MR) is 67.9 cm³/mol. The maximum atomic E-state index is 10.2. The maximum Gasteiger partial charge on any atom is 0.126 e. The molecule has 0 unspecified atom stereocenters. The number of aryl methyl sites for hydroxylation is 1. The molecule has 0 spiro atoms. The summed E-state index contributed by atoms with van der Waals surface area (Å²) in [7, 11) is 0. The van der Waals surface area contributed by atoms with Crippen LogP contribution in [0.5, 0.6) is 5.75 Å². The van der Waals surface area contributed by atoms with Crippen molar-refractivity contribution in [1.82, 2.24) is 0 Å². The van der Waals surface area contributed by atoms with Crippen molar-refractivity contribution >= 4 is 21.5 Å². The van der Waals surface area contributed by atoms with Gasteiger partial charge in [-0.3, -0.25) is 0 Å². The van der Waals surface area contributed by atoms with E-state index in [1.54, 1.807) is 0 Å². The van der Waals surface area contributed by atoms with E-state index in [1.165, 1.54) is 5.39 Å². The number of rotatable bonds is 0. The lowest BCUT2D eigenvalue weighted by Crippen LogP contribution is -1.83. The van der Waals surface area contributed by atoms with Crippen LogP contribution in [-0.4, -0.2) is 5.11 Å². The van der Waals surface area contributed by atoms with Crippen molar-refractivity contribution in [1.29, 1.82) is 0 Å². The molecule has 0 saturated heterocycles. The fourth-order valence-electron chi connectivity index (χ4n) is 2.30. The van der Waals surface area contributed by atoms with E-state index in [-0.39, 0.29) is 0 Å². The summed E-state index contributed by atoms with van der Waals surface area (Å²) in [6, 6.07) is 16.2. The van der Waals surface area contributed by atoms with E-state index < -0.39 is 0 Å². The zero-order chi connectivity index (χ0) is 11.1. The standard InChI is InChI=1S/C15H12O/c1-10-11-6-2-3-7-12(11)13-8-4-5-9-14(13)15(10)16/h2-9,16H,1H3. The molecule has 78 valence electrons. The molecule has 1 nitrogen and oxygen atoms in total. The number of fused-ring (bicyclic) bond motifs is 3. The van der Waals surface area contributed by atoms with Crippen molar-refractivity contribution in [3.63, 3.8) is 0 Å². The Morgan fingerprint density at radius 2 is 1.12 bits per heavy atom. The highest BCUT2D eigenvalue weighted by atomic mass is 16.3. The normalized spacial score (nSPS) is 11.1. The van der Waals surface area contributed by atoms with Crippen molar-refractivity contribution in [2.45, 2.75) is 6.92 Å². The zero-order valence-corrected chi connectivity index (χ0v) is 9.07. The molecule has 3 rings (SSSR count). The van der Waals surface area contributed by atoms with Crippen molar-refractivity contribution < 1.29 is 5.11 Å². The molecule has 0 fully saturated rings. The van der Waals surface area contributed by atoms with Gasteiger partial charge in [0.05, 0.1) is 0 Å². The van der Waals surface area contributed by atoms with Gasteiger partial charge in [-0.1, -0.05) is 48.5 Å². The molecule has 0 bridgehead atoms. The highest BCUT2D eigenvalue weighted by Crippen LogP contribution is 2.36. The Hall–Kier alpha value is -2.02. The number of phenolic OH excluding ortho intramolecular Hbond substituents is 1. The van der Waals surface area contributed by atoms with E-state index in [0.717, 1.165) is 21.7 Å². The van der Waals surface area contributed by atoms with Gasteiger partial charge in [-0.05, 0) is 28.6 Å². The van der Waals surface area contributed by atoms with Crippen LogP contribution < -0.4 is 0 Å². The van der Waals surface area contributed by atoms with Gasteiger partial charge in [0, 0.05) is 5.39 Å². The third kappa shape index (κ3) is 1.12. The third-order valence-electron chi connectivity index (χ3n) is 3.16. The first-order valence-corrected chi connectivity index (χ1v) is 5.38. The summed E-state index contributed by atoms with van der Waals surface area (Å²) >= 11 is 0. The highest BCUT2D eigenvalue weighted by molar-refractivity contribution is 6.11. The molecule has 0 amide bonds. The summed E-state index contributed by atoms with van der Waals surface area (Å²) in [5.74, 6) is 0.398. The lowest BCUT2D eigenvalue weighted by Gasteiger charge is -2.09. The van der Waals surface area contributed by atoms with Crippen molar-refractivity contribution in [2.24, 2.45) is 0 Å². The molecule has 0 saturated carbocycles. The van der Waals surface area contributed by atoms with Crippen LogP contribution in [-0.2, 0) is 0 Å². The van der Waals surface area contributed by atoms with E-state index in [9.17, 15) is 5.11 Å². The van der Waals surface area contributed by atoms with Gasteiger partial charge in [-0.2, -0.15) is 0 Å². The minimum atomic E-state index is 0.398. The van der Waals surface area contributed by atoms with Gasteiger partial charge in [0.15, 0.2) is 0 Å². The average molecular weight is 208 g/mol. The molecule has 16 heavy (non-hydrogen) atoms. The van der Waals surface area contributed by atoms with Crippen LogP contribution in [0.2, 0.25) is 0 Å². The van der Waals surface area contributed by atoms with Gasteiger partial charge in [0.1, 0.15) is 5.75 Å². The molecule has 0 aromatic heterocycles. The first-order valence-electron chi connectivity index (χ1n) is 5.38. The molecule has 0 aliphatic carbocycles. The molecule has 0 aliphatic rings. The Labute approximate surface area is 94.0 Å². The van der Waals surface area contributed by atoms with Gasteiger partial charge in [-0.25, -0.2) is 0 Å². The van der Waals surface area contributed by atoms with Crippen LogP contribution in [0.15, 0.2) is 48.5 Å². The fourth-order valence-corrected chi connectivity index (χ4v) is 2.30. The van der Waals surface area contributed by atoms with Crippen molar-refractivity contribution in [3.8, 4) is 5.75 Å². The molecular formula is C15H12O. The average Bonchev–Trinajstić information content (AvgIpc) is 2.36. The van der Waals surface area contributed by atoms with Gasteiger partial charge in [-0.15, -0.1) is 0 Å². The second-order valence-corrected chi connectivity index (χ2v) is 4.06. The van der Waals surface area contributed by atoms with Gasteiger partial charge >= 0.3 is 0 Å². The van der Waals surface area contributed by atoms with Gasteiger partial charge in [0.2, 0.25) is 0 Å². The fraction of sp³-hybridized carbons (Fsp3) is 0.0667. The van der Waals surface area contributed by atoms with E-state index in [1.807, 2.05) is 37.3 Å². The smallest absolute Gasteiger partial charge is 0.126 e. The lowest BCUT2D eigenvalue weighted by molar-refractivity contribution is 0.478. The summed E-state index contributed by atoms with van der Waals surface area (Å²) in [5.41, 5.74) is 0.953. The van der Waals surface area contributed by atoms with E-state index >= 15 is 0 Å². The molecule has 3 aromatic rings. The summed E-state index contributed by atoms with van der Waals surface area (Å²) in [6.07, 6.45) is 0. The summed E-state index contributed by atoms with van der Waals surface area (Å²) < 4.78 is 0. The molecule has 1 N–H and O–H groups in total. The van der Waals surface area contributed by atoms with Gasteiger partial charge in [0.25, 0.3) is 0 Å². The molecule has 0 aliphatic heterocycles. The summed E-state index contributed by atoms with van der Waals surface area (Å²) in [6.45, 7) is 1.96. The summed E-state index contributed by atoms with van der Waals surface area (Å²) in [5, 5.41) is 14.5. The molecule has 0 radical (unpaired) electrons. The number of benzene rings is 3. The second kappa shape index (κ2) is 3.24. The lowest BCUT2D eigenvalue weighted by atomic mass is 9.97. The molecular weight excluding hydrogens is 196 g/mol. The Balaban J connectivity index is 2.69. The zero-order valence-electron chi connectivity index (χ0n) is 9.07. The molecule has 0 heterocycles. The minimum Gasteiger partial charge on any atom is -0.507 e. The van der Waals surface area contributed by atoms with Crippen LogP contribution >= 0.6 is 0 Å². The topological polar surface area (TPSA) is 20.2 Å². The minimum absolute atomic E-state index is 0.398. The monoisotopic (exact) mass is 208 g/mol. The summed E-state index contributed by atoms with van der Waals surface area (Å²) in [4.78, 5) is 0. The largest absolute Gasteiger partial charge is 0.507 e. The van der Waals surface area contributed by atoms with Crippen LogP contribution in [0, 0.1) is 6.92 Å². The van der Waals surface area contributed by atoms with Crippen LogP contribution in [0.4, 0.5) is 0 Å². The second-order valence-electron chi connectivity index (χ2n) is 4.06. The van der Waals surface area contributed by atoms with Crippen molar-refractivity contribution in [2.75, 3.05) is 0 Å². The Morgan fingerprint density at radius 3 is 1.75 bits per heavy atom. The number of hydrogen-bond acceptors (Lipinski definition) is 1. The molecule has 1 heteroatoms. The Kier molecular flexibility index (Phi) is 1.87.